The second-order valence-electron chi connectivity index (χ2n) is 7.92. The van der Waals surface area contributed by atoms with Crippen LogP contribution in [0.1, 0.15) is 30.4 Å². The summed E-state index contributed by atoms with van der Waals surface area (Å²) >= 11 is 1.68. The summed E-state index contributed by atoms with van der Waals surface area (Å²) < 4.78 is 19.2. The topological polar surface area (TPSA) is 32.7 Å². The maximum Gasteiger partial charge on any atom is 0.123 e. The van der Waals surface area contributed by atoms with Gasteiger partial charge in [-0.15, -0.1) is 11.8 Å². The maximum atomic E-state index is 13.1. The molecule has 1 aliphatic carbocycles. The minimum atomic E-state index is -0.848. The molecule has 1 aliphatic rings. The maximum absolute atomic E-state index is 13.1. The summed E-state index contributed by atoms with van der Waals surface area (Å²) in [6.45, 7) is 1.27. The molecule has 0 aliphatic heterocycles. The Morgan fingerprint density at radius 1 is 1.18 bits per heavy atom. The van der Waals surface area contributed by atoms with Crippen molar-refractivity contribution in [2.24, 2.45) is 5.92 Å². The fourth-order valence-corrected chi connectivity index (χ4v) is 4.86. The van der Waals surface area contributed by atoms with Gasteiger partial charge in [-0.3, -0.25) is 0 Å². The summed E-state index contributed by atoms with van der Waals surface area (Å²) in [5.74, 6) is -0.146. The fourth-order valence-electron chi connectivity index (χ4n) is 4.18. The van der Waals surface area contributed by atoms with E-state index in [4.69, 9.17) is 4.74 Å². The third-order valence-electron chi connectivity index (χ3n) is 5.63. The molecule has 2 aromatic rings. The second kappa shape index (κ2) is 9.40. The van der Waals surface area contributed by atoms with E-state index in [9.17, 15) is 9.50 Å². The van der Waals surface area contributed by atoms with Crippen molar-refractivity contribution < 1.29 is 14.2 Å². The number of hydrogen-bond donors (Lipinski definition) is 1. The lowest BCUT2D eigenvalue weighted by Crippen LogP contribution is -2.47. The van der Waals surface area contributed by atoms with Crippen molar-refractivity contribution in [2.45, 2.75) is 42.5 Å². The molecule has 3 atom stereocenters. The fraction of sp³-hybridized carbons (Fsp3) is 0.478. The molecule has 5 heteroatoms. The van der Waals surface area contributed by atoms with Gasteiger partial charge in [0.1, 0.15) is 5.82 Å². The van der Waals surface area contributed by atoms with Crippen LogP contribution in [0.2, 0.25) is 0 Å². The summed E-state index contributed by atoms with van der Waals surface area (Å²) in [5, 5.41) is 11.8. The number of thioether (sulfide) groups is 1. The molecule has 0 bridgehead atoms. The first-order valence-corrected chi connectivity index (χ1v) is 11.0. The van der Waals surface area contributed by atoms with Crippen LogP contribution in [0.5, 0.6) is 0 Å². The summed E-state index contributed by atoms with van der Waals surface area (Å²) in [4.78, 5) is 3.28. The number of nitrogens with zero attached hydrogens (tertiary/aromatic N) is 1. The van der Waals surface area contributed by atoms with Crippen molar-refractivity contribution in [3.63, 3.8) is 0 Å². The predicted octanol–water partition coefficient (Wildman–Crippen LogP) is 4.68. The lowest BCUT2D eigenvalue weighted by molar-refractivity contribution is -0.112. The Labute approximate surface area is 171 Å². The van der Waals surface area contributed by atoms with Crippen LogP contribution >= 0.6 is 11.8 Å². The summed E-state index contributed by atoms with van der Waals surface area (Å²) in [6.07, 6.45) is 4.44. The largest absolute Gasteiger partial charge is 0.385 e. The lowest BCUT2D eigenvalue weighted by atomic mass is 9.70. The molecule has 0 heterocycles. The van der Waals surface area contributed by atoms with Crippen LogP contribution in [0.25, 0.3) is 0 Å². The van der Waals surface area contributed by atoms with Gasteiger partial charge in [0.15, 0.2) is 0 Å². The van der Waals surface area contributed by atoms with E-state index in [0.29, 0.717) is 13.0 Å². The SMILES string of the molecule is CSc1ccccc1C1(O)CCC(OCc2ccc(F)cc2)CC1CN(C)C. The van der Waals surface area contributed by atoms with Gasteiger partial charge in [-0.05, 0) is 68.9 Å². The van der Waals surface area contributed by atoms with E-state index in [1.165, 1.54) is 12.1 Å². The molecule has 0 aromatic heterocycles. The minimum absolute atomic E-state index is 0.0859. The Hall–Kier alpha value is -1.40. The molecule has 0 spiro atoms. The minimum Gasteiger partial charge on any atom is -0.385 e. The van der Waals surface area contributed by atoms with E-state index >= 15 is 0 Å². The molecule has 152 valence electrons. The zero-order valence-electron chi connectivity index (χ0n) is 16.9. The van der Waals surface area contributed by atoms with Gasteiger partial charge in [0.05, 0.1) is 18.3 Å². The first-order valence-electron chi connectivity index (χ1n) is 9.79. The second-order valence-corrected chi connectivity index (χ2v) is 8.77. The molecule has 1 fully saturated rings. The van der Waals surface area contributed by atoms with Crippen LogP contribution in [0.15, 0.2) is 53.4 Å². The van der Waals surface area contributed by atoms with Gasteiger partial charge >= 0.3 is 0 Å². The van der Waals surface area contributed by atoms with Gasteiger partial charge in [0, 0.05) is 17.4 Å². The van der Waals surface area contributed by atoms with Crippen LogP contribution in [0.3, 0.4) is 0 Å². The molecule has 0 amide bonds. The molecule has 2 aromatic carbocycles. The summed E-state index contributed by atoms with van der Waals surface area (Å²) in [5.41, 5.74) is 1.16. The normalized spacial score (nSPS) is 25.2. The monoisotopic (exact) mass is 403 g/mol. The van der Waals surface area contributed by atoms with E-state index in [1.807, 2.05) is 26.2 Å². The number of halogens is 1. The lowest BCUT2D eigenvalue weighted by Gasteiger charge is -2.45. The van der Waals surface area contributed by atoms with Gasteiger partial charge in [-0.2, -0.15) is 0 Å². The third kappa shape index (κ3) is 4.95. The number of benzene rings is 2. The van der Waals surface area contributed by atoms with E-state index in [2.05, 4.69) is 23.3 Å². The highest BCUT2D eigenvalue weighted by Crippen LogP contribution is 2.45. The van der Waals surface area contributed by atoms with Gasteiger partial charge in [-0.25, -0.2) is 4.39 Å². The summed E-state index contributed by atoms with van der Waals surface area (Å²) in [6, 6.07) is 14.6. The molecule has 3 nitrogen and oxygen atoms in total. The Balaban J connectivity index is 1.74. The molecular weight excluding hydrogens is 373 g/mol. The molecule has 1 saturated carbocycles. The number of rotatable bonds is 7. The van der Waals surface area contributed by atoms with Crippen molar-refractivity contribution in [3.8, 4) is 0 Å². The average molecular weight is 404 g/mol. The van der Waals surface area contributed by atoms with Gasteiger partial charge < -0.3 is 14.7 Å². The highest BCUT2D eigenvalue weighted by Gasteiger charge is 2.44. The average Bonchev–Trinajstić information content (AvgIpc) is 2.69. The van der Waals surface area contributed by atoms with Crippen LogP contribution in [-0.4, -0.2) is 43.0 Å². The molecule has 3 rings (SSSR count). The van der Waals surface area contributed by atoms with Gasteiger partial charge in [0.25, 0.3) is 0 Å². The van der Waals surface area contributed by atoms with Crippen LogP contribution < -0.4 is 0 Å². The van der Waals surface area contributed by atoms with Crippen molar-refractivity contribution in [2.75, 3.05) is 26.9 Å². The zero-order valence-corrected chi connectivity index (χ0v) is 17.7. The molecule has 28 heavy (non-hydrogen) atoms. The quantitative estimate of drug-likeness (QED) is 0.681. The van der Waals surface area contributed by atoms with Crippen molar-refractivity contribution in [3.05, 3.63) is 65.5 Å². The Bertz CT molecular complexity index is 767. The third-order valence-corrected chi connectivity index (χ3v) is 6.42. The zero-order chi connectivity index (χ0) is 20.1. The van der Waals surface area contributed by atoms with E-state index in [-0.39, 0.29) is 17.8 Å². The van der Waals surface area contributed by atoms with Crippen molar-refractivity contribution >= 4 is 11.8 Å². The van der Waals surface area contributed by atoms with E-state index in [1.54, 1.807) is 23.9 Å². The van der Waals surface area contributed by atoms with Crippen molar-refractivity contribution in [1.29, 1.82) is 0 Å². The highest BCUT2D eigenvalue weighted by atomic mass is 32.2. The Kier molecular flexibility index (Phi) is 7.15. The first-order chi connectivity index (χ1) is 13.4. The smallest absolute Gasteiger partial charge is 0.123 e. The van der Waals surface area contributed by atoms with Crippen LogP contribution in [0.4, 0.5) is 4.39 Å². The molecule has 1 N–H and O–H groups in total. The number of aliphatic hydroxyl groups is 1. The highest BCUT2D eigenvalue weighted by molar-refractivity contribution is 7.98. The van der Waals surface area contributed by atoms with Crippen molar-refractivity contribution in [1.82, 2.24) is 4.90 Å². The molecule has 3 unspecified atom stereocenters. The van der Waals surface area contributed by atoms with E-state index in [0.717, 1.165) is 35.4 Å². The standard InChI is InChI=1S/C23H30FNO2S/c1-25(2)15-18-14-20(27-16-17-8-10-19(24)11-9-17)12-13-23(18,26)21-6-4-5-7-22(21)28-3/h4-11,18,20,26H,12-16H2,1-3H3. The number of ether oxygens (including phenoxy) is 1. The van der Waals surface area contributed by atoms with E-state index < -0.39 is 5.60 Å². The molecule has 0 radical (unpaired) electrons. The Morgan fingerprint density at radius 2 is 1.89 bits per heavy atom. The molecule has 0 saturated heterocycles. The Morgan fingerprint density at radius 3 is 2.57 bits per heavy atom. The molecular formula is C23H30FNO2S. The van der Waals surface area contributed by atoms with Crippen LogP contribution in [0, 0.1) is 11.7 Å². The predicted molar refractivity (Wildman–Crippen MR) is 113 cm³/mol. The van der Waals surface area contributed by atoms with Crippen LogP contribution in [-0.2, 0) is 16.9 Å². The summed E-state index contributed by atoms with van der Waals surface area (Å²) in [7, 11) is 4.09. The van der Waals surface area contributed by atoms with Gasteiger partial charge in [-0.1, -0.05) is 30.3 Å². The van der Waals surface area contributed by atoms with Gasteiger partial charge in [0.2, 0.25) is 0 Å². The number of hydrogen-bond acceptors (Lipinski definition) is 4. The first kappa shape index (κ1) is 21.3.